The fourth-order valence-corrected chi connectivity index (χ4v) is 2.11. The molecule has 1 N–H and O–H groups in total. The van der Waals surface area contributed by atoms with Crippen molar-refractivity contribution in [1.82, 2.24) is 5.32 Å². The largest absolute Gasteiger partial charge is 0.374 e. The van der Waals surface area contributed by atoms with Crippen LogP contribution in [0.4, 0.5) is 0 Å². The maximum atomic E-state index is 5.76. The zero-order valence-electron chi connectivity index (χ0n) is 10.2. The molecule has 1 heterocycles. The Kier molecular flexibility index (Phi) is 5.34. The average Bonchev–Trinajstić information content (AvgIpc) is 2.66. The maximum absolute atomic E-state index is 5.76. The molecule has 0 aromatic carbocycles. The molecule has 2 unspecified atom stereocenters. The molecule has 1 saturated heterocycles. The molecule has 2 heteroatoms. The van der Waals surface area contributed by atoms with Crippen LogP contribution < -0.4 is 5.32 Å². The van der Waals surface area contributed by atoms with Crippen LogP contribution in [0, 0.1) is 0 Å². The van der Waals surface area contributed by atoms with Crippen LogP contribution in [-0.4, -0.2) is 24.8 Å². The van der Waals surface area contributed by atoms with Crippen LogP contribution >= 0.6 is 0 Å². The van der Waals surface area contributed by atoms with Crippen molar-refractivity contribution in [2.24, 2.45) is 0 Å². The SMILES string of the molecule is C=CCCC(CC)NCC1(C)CCCO1. The van der Waals surface area contributed by atoms with Gasteiger partial charge in [-0.15, -0.1) is 6.58 Å². The summed E-state index contributed by atoms with van der Waals surface area (Å²) < 4.78 is 5.76. The Balaban J connectivity index is 2.23. The molecule has 0 aromatic heterocycles. The van der Waals surface area contributed by atoms with E-state index in [1.54, 1.807) is 0 Å². The minimum absolute atomic E-state index is 0.0849. The maximum Gasteiger partial charge on any atom is 0.0779 e. The van der Waals surface area contributed by atoms with Gasteiger partial charge in [-0.2, -0.15) is 0 Å². The van der Waals surface area contributed by atoms with Crippen molar-refractivity contribution in [2.45, 2.75) is 57.6 Å². The minimum atomic E-state index is 0.0849. The third-order valence-electron chi connectivity index (χ3n) is 3.28. The Morgan fingerprint density at radius 2 is 2.40 bits per heavy atom. The lowest BCUT2D eigenvalue weighted by atomic mass is 10.0. The summed E-state index contributed by atoms with van der Waals surface area (Å²) in [4.78, 5) is 0. The molecule has 15 heavy (non-hydrogen) atoms. The van der Waals surface area contributed by atoms with Crippen molar-refractivity contribution in [2.75, 3.05) is 13.2 Å². The van der Waals surface area contributed by atoms with Gasteiger partial charge in [-0.1, -0.05) is 13.0 Å². The van der Waals surface area contributed by atoms with E-state index in [-0.39, 0.29) is 5.60 Å². The molecule has 0 spiro atoms. The van der Waals surface area contributed by atoms with E-state index in [9.17, 15) is 0 Å². The van der Waals surface area contributed by atoms with Gasteiger partial charge in [0.2, 0.25) is 0 Å². The number of hydrogen-bond donors (Lipinski definition) is 1. The molecule has 0 amide bonds. The number of nitrogens with one attached hydrogen (secondary N) is 1. The van der Waals surface area contributed by atoms with E-state index >= 15 is 0 Å². The quantitative estimate of drug-likeness (QED) is 0.654. The monoisotopic (exact) mass is 211 g/mol. The molecule has 88 valence electrons. The van der Waals surface area contributed by atoms with Crippen LogP contribution in [0.15, 0.2) is 12.7 Å². The average molecular weight is 211 g/mol. The van der Waals surface area contributed by atoms with Crippen molar-refractivity contribution in [1.29, 1.82) is 0 Å². The normalized spacial score (nSPS) is 27.9. The number of allylic oxidation sites excluding steroid dienone is 1. The first kappa shape index (κ1) is 12.7. The van der Waals surface area contributed by atoms with Crippen molar-refractivity contribution >= 4 is 0 Å². The van der Waals surface area contributed by atoms with Crippen LogP contribution in [0.5, 0.6) is 0 Å². The van der Waals surface area contributed by atoms with E-state index in [4.69, 9.17) is 4.74 Å². The Hall–Kier alpha value is -0.340. The molecule has 0 radical (unpaired) electrons. The molecule has 1 fully saturated rings. The molecule has 2 nitrogen and oxygen atoms in total. The van der Waals surface area contributed by atoms with Gasteiger partial charge in [0.25, 0.3) is 0 Å². The standard InChI is InChI=1S/C13H25NO/c1-4-6-8-12(5-2)14-11-13(3)9-7-10-15-13/h4,12,14H,1,5-11H2,2-3H3. The molecule has 1 aliphatic rings. The van der Waals surface area contributed by atoms with E-state index in [1.807, 2.05) is 6.08 Å². The summed E-state index contributed by atoms with van der Waals surface area (Å²) in [6.07, 6.45) is 7.88. The molecular formula is C13H25NO. The zero-order chi connectivity index (χ0) is 11.1. The highest BCUT2D eigenvalue weighted by Gasteiger charge is 2.29. The summed E-state index contributed by atoms with van der Waals surface area (Å²) >= 11 is 0. The van der Waals surface area contributed by atoms with Crippen molar-refractivity contribution in [3.63, 3.8) is 0 Å². The van der Waals surface area contributed by atoms with Gasteiger partial charge in [-0.3, -0.25) is 0 Å². The number of hydrogen-bond acceptors (Lipinski definition) is 2. The van der Waals surface area contributed by atoms with Crippen LogP contribution in [0.25, 0.3) is 0 Å². The Morgan fingerprint density at radius 1 is 1.60 bits per heavy atom. The molecule has 2 atom stereocenters. The fourth-order valence-electron chi connectivity index (χ4n) is 2.11. The van der Waals surface area contributed by atoms with Crippen molar-refractivity contribution in [3.05, 3.63) is 12.7 Å². The van der Waals surface area contributed by atoms with Gasteiger partial charge in [0, 0.05) is 19.2 Å². The smallest absolute Gasteiger partial charge is 0.0779 e. The first-order valence-corrected chi connectivity index (χ1v) is 6.18. The molecule has 0 aliphatic carbocycles. The van der Waals surface area contributed by atoms with Gasteiger partial charge >= 0.3 is 0 Å². The molecule has 0 aromatic rings. The van der Waals surface area contributed by atoms with Gasteiger partial charge in [0.05, 0.1) is 5.60 Å². The lowest BCUT2D eigenvalue weighted by Gasteiger charge is -2.27. The summed E-state index contributed by atoms with van der Waals surface area (Å²) in [5.74, 6) is 0. The Morgan fingerprint density at radius 3 is 2.93 bits per heavy atom. The second kappa shape index (κ2) is 6.29. The van der Waals surface area contributed by atoms with Crippen molar-refractivity contribution in [3.8, 4) is 0 Å². The fraction of sp³-hybridized carbons (Fsp3) is 0.846. The van der Waals surface area contributed by atoms with E-state index in [1.165, 1.54) is 25.7 Å². The summed E-state index contributed by atoms with van der Waals surface area (Å²) in [5.41, 5.74) is 0.0849. The molecular weight excluding hydrogens is 186 g/mol. The second-order valence-electron chi connectivity index (χ2n) is 4.75. The molecule has 0 saturated carbocycles. The zero-order valence-corrected chi connectivity index (χ0v) is 10.2. The lowest BCUT2D eigenvalue weighted by molar-refractivity contribution is 0.0184. The van der Waals surface area contributed by atoms with E-state index < -0.39 is 0 Å². The van der Waals surface area contributed by atoms with Gasteiger partial charge in [0.1, 0.15) is 0 Å². The summed E-state index contributed by atoms with van der Waals surface area (Å²) in [6.45, 7) is 10.1. The Bertz CT molecular complexity index is 185. The van der Waals surface area contributed by atoms with Crippen LogP contribution in [0.2, 0.25) is 0 Å². The first-order valence-electron chi connectivity index (χ1n) is 6.18. The topological polar surface area (TPSA) is 21.3 Å². The van der Waals surface area contributed by atoms with Gasteiger partial charge in [-0.05, 0) is 39.0 Å². The van der Waals surface area contributed by atoms with Crippen LogP contribution in [-0.2, 0) is 4.74 Å². The van der Waals surface area contributed by atoms with Crippen LogP contribution in [0.1, 0.15) is 46.0 Å². The highest BCUT2D eigenvalue weighted by atomic mass is 16.5. The molecule has 1 rings (SSSR count). The predicted octanol–water partition coefficient (Wildman–Crippen LogP) is 2.89. The van der Waals surface area contributed by atoms with E-state index in [2.05, 4.69) is 25.7 Å². The number of ether oxygens (including phenoxy) is 1. The Labute approximate surface area is 94.1 Å². The second-order valence-corrected chi connectivity index (χ2v) is 4.75. The lowest BCUT2D eigenvalue weighted by Crippen LogP contribution is -2.41. The van der Waals surface area contributed by atoms with Gasteiger partial charge in [0.15, 0.2) is 0 Å². The number of rotatable bonds is 7. The van der Waals surface area contributed by atoms with Crippen LogP contribution in [0.3, 0.4) is 0 Å². The highest BCUT2D eigenvalue weighted by molar-refractivity contribution is 4.84. The predicted molar refractivity (Wildman–Crippen MR) is 65.1 cm³/mol. The van der Waals surface area contributed by atoms with Gasteiger partial charge in [-0.25, -0.2) is 0 Å². The van der Waals surface area contributed by atoms with E-state index in [0.717, 1.165) is 19.6 Å². The first-order chi connectivity index (χ1) is 7.20. The van der Waals surface area contributed by atoms with E-state index in [0.29, 0.717) is 6.04 Å². The summed E-state index contributed by atoms with van der Waals surface area (Å²) in [7, 11) is 0. The van der Waals surface area contributed by atoms with Gasteiger partial charge < -0.3 is 10.1 Å². The molecule has 0 bridgehead atoms. The molecule has 1 aliphatic heterocycles. The summed E-state index contributed by atoms with van der Waals surface area (Å²) in [5, 5.41) is 3.61. The third kappa shape index (κ3) is 4.35. The third-order valence-corrected chi connectivity index (χ3v) is 3.28. The summed E-state index contributed by atoms with van der Waals surface area (Å²) in [6, 6.07) is 0.615. The minimum Gasteiger partial charge on any atom is -0.374 e. The van der Waals surface area contributed by atoms with Crippen molar-refractivity contribution < 1.29 is 4.74 Å². The highest BCUT2D eigenvalue weighted by Crippen LogP contribution is 2.24.